The Morgan fingerprint density at radius 1 is 1.04 bits per heavy atom. The van der Waals surface area contributed by atoms with Crippen LogP contribution in [0.2, 0.25) is 0 Å². The summed E-state index contributed by atoms with van der Waals surface area (Å²) in [6.07, 6.45) is 3.22. The summed E-state index contributed by atoms with van der Waals surface area (Å²) in [5, 5.41) is 14.4. The van der Waals surface area contributed by atoms with Crippen LogP contribution in [0.4, 0.5) is 0 Å². The fourth-order valence-electron chi connectivity index (χ4n) is 1.54. The molecule has 0 atom stereocenters. The van der Waals surface area contributed by atoms with E-state index in [-0.39, 0.29) is 11.8 Å². The maximum absolute atomic E-state index is 10.5. The normalized spacial score (nSPS) is 9.30. The van der Waals surface area contributed by atoms with E-state index >= 15 is 0 Å². The number of hydrogen-bond donors (Lipinski definition) is 3. The molecule has 0 spiro atoms. The average molecular weight is 317 g/mol. The zero-order chi connectivity index (χ0) is 17.1. The molecule has 0 aromatic carbocycles. The fourth-order valence-corrected chi connectivity index (χ4v) is 1.54. The second-order valence-corrected chi connectivity index (χ2v) is 4.68. The molecule has 3 N–H and O–H groups in total. The van der Waals surface area contributed by atoms with Gasteiger partial charge >= 0.3 is 0 Å². The predicted molar refractivity (Wildman–Crippen MR) is 83.1 cm³/mol. The van der Waals surface area contributed by atoms with Crippen LogP contribution < -0.4 is 15.4 Å². The quantitative estimate of drug-likeness (QED) is 0.567. The Morgan fingerprint density at radius 2 is 1.70 bits per heavy atom. The van der Waals surface area contributed by atoms with Crippen LogP contribution in [-0.2, 0) is 22.7 Å². The minimum absolute atomic E-state index is 0.0318. The summed E-state index contributed by atoms with van der Waals surface area (Å²) in [6.45, 7) is 3.77. The van der Waals surface area contributed by atoms with Crippen molar-refractivity contribution in [2.45, 2.75) is 26.9 Å². The second kappa shape index (κ2) is 9.88. The summed E-state index contributed by atoms with van der Waals surface area (Å²) in [4.78, 5) is 25.0. The van der Waals surface area contributed by atoms with Crippen molar-refractivity contribution in [1.29, 1.82) is 0 Å². The zero-order valence-electron chi connectivity index (χ0n) is 13.2. The van der Waals surface area contributed by atoms with Crippen LogP contribution in [0.5, 0.6) is 0 Å². The summed E-state index contributed by atoms with van der Waals surface area (Å²) in [5.74, 6) is -0.144. The lowest BCUT2D eigenvalue weighted by Gasteiger charge is -1.99. The molecule has 2 aromatic heterocycles. The van der Waals surface area contributed by atoms with Gasteiger partial charge in [0.1, 0.15) is 6.54 Å². The number of carbonyl (C=O) groups excluding carboxylic acids is 2. The van der Waals surface area contributed by atoms with E-state index in [1.165, 1.54) is 20.0 Å². The SMILES string of the molecule is CC(=O)NCc1cccc[n+]1O.CC(=O)NCc1ccccn1. The standard InChI is InChI=1S/C8H10N2O2.C8H10N2O/c1-7(11)9-6-8-4-2-3-5-10(8)12;1-7(11)10-6-8-4-2-3-5-9-8/h2-5H,6H2,1H3,(H-,9,11,12);2-5H,6H2,1H3,(H,10,11)/p+1. The van der Waals surface area contributed by atoms with Gasteiger partial charge in [-0.15, -0.1) is 0 Å². The van der Waals surface area contributed by atoms with Crippen molar-refractivity contribution < 1.29 is 19.5 Å². The van der Waals surface area contributed by atoms with E-state index in [9.17, 15) is 14.8 Å². The number of hydrogen-bond acceptors (Lipinski definition) is 4. The minimum Gasteiger partial charge on any atom is -0.351 e. The topological polar surface area (TPSA) is 95.2 Å². The van der Waals surface area contributed by atoms with Crippen LogP contribution in [-0.4, -0.2) is 22.0 Å². The van der Waals surface area contributed by atoms with Gasteiger partial charge in [0, 0.05) is 36.9 Å². The summed E-state index contributed by atoms with van der Waals surface area (Å²) in [5.41, 5.74) is 1.52. The Hall–Kier alpha value is -2.96. The Morgan fingerprint density at radius 3 is 2.26 bits per heavy atom. The van der Waals surface area contributed by atoms with Gasteiger partial charge in [-0.05, 0) is 18.2 Å². The molecule has 0 unspecified atom stereocenters. The van der Waals surface area contributed by atoms with Gasteiger partial charge in [0.2, 0.25) is 18.0 Å². The first-order valence-electron chi connectivity index (χ1n) is 7.06. The number of nitrogens with one attached hydrogen (secondary N) is 2. The average Bonchev–Trinajstić information content (AvgIpc) is 2.54. The van der Waals surface area contributed by atoms with E-state index in [1.807, 2.05) is 18.2 Å². The minimum atomic E-state index is -0.112. The lowest BCUT2D eigenvalue weighted by atomic mass is 10.3. The van der Waals surface area contributed by atoms with E-state index in [1.54, 1.807) is 24.4 Å². The van der Waals surface area contributed by atoms with Crippen molar-refractivity contribution in [1.82, 2.24) is 15.6 Å². The van der Waals surface area contributed by atoms with Crippen LogP contribution in [0.1, 0.15) is 25.2 Å². The first kappa shape index (κ1) is 18.1. The molecule has 0 saturated carbocycles. The highest BCUT2D eigenvalue weighted by molar-refractivity contribution is 5.73. The van der Waals surface area contributed by atoms with E-state index < -0.39 is 0 Å². The summed E-state index contributed by atoms with van der Waals surface area (Å²) < 4.78 is 0.982. The van der Waals surface area contributed by atoms with Crippen molar-refractivity contribution >= 4 is 11.8 Å². The molecule has 0 radical (unpaired) electrons. The van der Waals surface area contributed by atoms with Gasteiger partial charge in [-0.25, -0.2) is 0 Å². The molecule has 23 heavy (non-hydrogen) atoms. The highest BCUT2D eigenvalue weighted by Gasteiger charge is 2.07. The van der Waals surface area contributed by atoms with Crippen molar-refractivity contribution in [3.8, 4) is 0 Å². The molecule has 0 bridgehead atoms. The van der Waals surface area contributed by atoms with Crippen LogP contribution in [0.15, 0.2) is 48.8 Å². The highest BCUT2D eigenvalue weighted by atomic mass is 16.5. The monoisotopic (exact) mass is 317 g/mol. The largest absolute Gasteiger partial charge is 0.351 e. The van der Waals surface area contributed by atoms with E-state index in [2.05, 4.69) is 15.6 Å². The summed E-state index contributed by atoms with van der Waals surface area (Å²) in [6, 6.07) is 10.8. The number of amides is 2. The molecule has 0 aliphatic carbocycles. The molecule has 0 aliphatic rings. The number of carbonyl (C=O) groups is 2. The Balaban J connectivity index is 0.000000231. The second-order valence-electron chi connectivity index (χ2n) is 4.68. The third-order valence-corrected chi connectivity index (χ3v) is 2.68. The van der Waals surface area contributed by atoms with E-state index in [4.69, 9.17) is 0 Å². The molecule has 122 valence electrons. The van der Waals surface area contributed by atoms with Gasteiger partial charge in [-0.3, -0.25) is 19.8 Å². The number of rotatable bonds is 4. The van der Waals surface area contributed by atoms with Gasteiger partial charge < -0.3 is 10.6 Å². The number of aromatic nitrogens is 2. The maximum Gasteiger partial charge on any atom is 0.253 e. The van der Waals surface area contributed by atoms with Crippen LogP contribution >= 0.6 is 0 Å². The predicted octanol–water partition coefficient (Wildman–Crippen LogP) is 0.565. The molecule has 0 fully saturated rings. The molecule has 2 rings (SSSR count). The summed E-state index contributed by atoms with van der Waals surface area (Å²) >= 11 is 0. The van der Waals surface area contributed by atoms with Crippen LogP contribution in [0.25, 0.3) is 0 Å². The van der Waals surface area contributed by atoms with Gasteiger partial charge in [-0.2, -0.15) is 0 Å². The maximum atomic E-state index is 10.5. The van der Waals surface area contributed by atoms with Crippen molar-refractivity contribution in [2.75, 3.05) is 0 Å². The Bertz CT molecular complexity index is 632. The lowest BCUT2D eigenvalue weighted by Crippen LogP contribution is -2.37. The van der Waals surface area contributed by atoms with E-state index in [0.717, 1.165) is 10.4 Å². The smallest absolute Gasteiger partial charge is 0.253 e. The lowest BCUT2D eigenvalue weighted by molar-refractivity contribution is -0.909. The first-order chi connectivity index (χ1) is 11.0. The molecule has 7 nitrogen and oxygen atoms in total. The third kappa shape index (κ3) is 8.15. The van der Waals surface area contributed by atoms with Gasteiger partial charge in [0.05, 0.1) is 12.2 Å². The van der Waals surface area contributed by atoms with Crippen LogP contribution in [0.3, 0.4) is 0 Å². The molecule has 0 aliphatic heterocycles. The highest BCUT2D eigenvalue weighted by Crippen LogP contribution is 1.91. The zero-order valence-corrected chi connectivity index (χ0v) is 13.2. The van der Waals surface area contributed by atoms with Crippen molar-refractivity contribution in [3.63, 3.8) is 0 Å². The molecular weight excluding hydrogens is 296 g/mol. The van der Waals surface area contributed by atoms with E-state index in [0.29, 0.717) is 18.8 Å². The van der Waals surface area contributed by atoms with Gasteiger partial charge in [0.15, 0.2) is 0 Å². The molecule has 7 heteroatoms. The number of pyridine rings is 2. The number of nitrogens with zero attached hydrogens (tertiary/aromatic N) is 2. The Kier molecular flexibility index (Phi) is 7.77. The molecule has 2 amide bonds. The summed E-state index contributed by atoms with van der Waals surface area (Å²) in [7, 11) is 0. The molecule has 2 heterocycles. The van der Waals surface area contributed by atoms with Crippen molar-refractivity contribution in [3.05, 3.63) is 60.2 Å². The third-order valence-electron chi connectivity index (χ3n) is 2.68. The molecule has 0 saturated heterocycles. The molecular formula is C16H21N4O3+. The van der Waals surface area contributed by atoms with Crippen molar-refractivity contribution in [2.24, 2.45) is 0 Å². The van der Waals surface area contributed by atoms with Crippen LogP contribution in [0, 0.1) is 0 Å². The van der Waals surface area contributed by atoms with Gasteiger partial charge in [0.25, 0.3) is 5.69 Å². The Labute approximate surface area is 135 Å². The van der Waals surface area contributed by atoms with Gasteiger partial charge in [-0.1, -0.05) is 6.07 Å². The fraction of sp³-hybridized carbons (Fsp3) is 0.250. The first-order valence-corrected chi connectivity index (χ1v) is 7.06. The molecule has 2 aromatic rings.